The van der Waals surface area contributed by atoms with Gasteiger partial charge in [0, 0.05) is 19.0 Å². The Bertz CT molecular complexity index is 978. The molecule has 0 bridgehead atoms. The summed E-state index contributed by atoms with van der Waals surface area (Å²) in [5.74, 6) is -4.39. The molecule has 0 aromatic heterocycles. The maximum absolute atomic E-state index is 13.4. The standard InChI is InChI=1S/C24H32F3N5O4/c1-23(2)15-11-32-18(17(15)23)20(34)30-13(10-28)9-14-12(7-8-29-19(14)33)5-3-4-6-16(21(32)35)31-22(36)24(25,26)27/h12-18H,3-9,11H2,1-2H3,(H,29,33)(H,30,34)(H,31,36)/t12-,13-,14-,15-,16-,17-,18-/m0/s1. The Balaban J connectivity index is 1.63. The second-order valence-corrected chi connectivity index (χ2v) is 11.1. The highest BCUT2D eigenvalue weighted by atomic mass is 19.4. The predicted molar refractivity (Wildman–Crippen MR) is 119 cm³/mol. The number of alkyl halides is 3. The zero-order valence-corrected chi connectivity index (χ0v) is 20.4. The Morgan fingerprint density at radius 1 is 1.14 bits per heavy atom. The molecule has 1 saturated carbocycles. The van der Waals surface area contributed by atoms with Gasteiger partial charge in [0.05, 0.1) is 6.07 Å². The van der Waals surface area contributed by atoms with Gasteiger partial charge in [-0.25, -0.2) is 0 Å². The Morgan fingerprint density at radius 3 is 2.50 bits per heavy atom. The van der Waals surface area contributed by atoms with Gasteiger partial charge in [-0.1, -0.05) is 26.7 Å². The Labute approximate surface area is 207 Å². The first-order chi connectivity index (χ1) is 16.9. The number of piperidine rings is 2. The molecule has 3 aliphatic heterocycles. The highest BCUT2D eigenvalue weighted by molar-refractivity contribution is 5.94. The van der Waals surface area contributed by atoms with Crippen molar-refractivity contribution < 1.29 is 32.3 Å². The molecular formula is C24H32F3N5O4. The fourth-order valence-electron chi connectivity index (χ4n) is 6.49. The van der Waals surface area contributed by atoms with Crippen molar-refractivity contribution in [1.82, 2.24) is 20.9 Å². The molecule has 0 unspecified atom stereocenters. The normalized spacial score (nSPS) is 36.7. The number of nitrogens with one attached hydrogen (secondary N) is 3. The molecule has 0 spiro atoms. The van der Waals surface area contributed by atoms with Crippen molar-refractivity contribution in [1.29, 1.82) is 5.26 Å². The lowest BCUT2D eigenvalue weighted by Crippen LogP contribution is -2.58. The largest absolute Gasteiger partial charge is 0.471 e. The molecular weight excluding hydrogens is 479 g/mol. The van der Waals surface area contributed by atoms with Crippen LogP contribution in [0.4, 0.5) is 13.2 Å². The molecule has 0 aromatic rings. The Kier molecular flexibility index (Phi) is 6.96. The molecule has 4 amide bonds. The molecule has 12 heteroatoms. The van der Waals surface area contributed by atoms with Crippen LogP contribution in [0.25, 0.3) is 0 Å². The van der Waals surface area contributed by atoms with Crippen LogP contribution in [-0.4, -0.2) is 65.9 Å². The molecule has 9 nitrogen and oxygen atoms in total. The number of halogens is 3. The van der Waals surface area contributed by atoms with Gasteiger partial charge in [0.25, 0.3) is 0 Å². The average molecular weight is 512 g/mol. The van der Waals surface area contributed by atoms with Gasteiger partial charge in [-0.05, 0) is 48.9 Å². The van der Waals surface area contributed by atoms with Crippen LogP contribution in [0.3, 0.4) is 0 Å². The molecule has 4 rings (SSSR count). The topological polar surface area (TPSA) is 131 Å². The molecule has 0 aromatic carbocycles. The maximum atomic E-state index is 13.4. The number of rotatable bonds is 1. The molecule has 0 radical (unpaired) electrons. The summed E-state index contributed by atoms with van der Waals surface area (Å²) in [5, 5.41) is 17.1. The smallest absolute Gasteiger partial charge is 0.356 e. The third-order valence-electron chi connectivity index (χ3n) is 8.62. The van der Waals surface area contributed by atoms with Gasteiger partial charge >= 0.3 is 12.1 Å². The van der Waals surface area contributed by atoms with Crippen LogP contribution in [0.1, 0.15) is 52.4 Å². The number of nitrogens with zero attached hydrogens (tertiary/aromatic N) is 2. The fraction of sp³-hybridized carbons (Fsp3) is 0.792. The van der Waals surface area contributed by atoms with Gasteiger partial charge in [0.1, 0.15) is 18.1 Å². The van der Waals surface area contributed by atoms with E-state index < -0.39 is 47.9 Å². The number of hydrogen-bond acceptors (Lipinski definition) is 5. The van der Waals surface area contributed by atoms with Crippen LogP contribution in [0.15, 0.2) is 0 Å². The van der Waals surface area contributed by atoms with Crippen LogP contribution in [0.2, 0.25) is 0 Å². The van der Waals surface area contributed by atoms with Gasteiger partial charge < -0.3 is 20.9 Å². The number of nitriles is 1. The van der Waals surface area contributed by atoms with E-state index in [4.69, 9.17) is 0 Å². The summed E-state index contributed by atoms with van der Waals surface area (Å²) in [6, 6.07) is -1.27. The average Bonchev–Trinajstić information content (AvgIpc) is 3.14. The third-order valence-corrected chi connectivity index (χ3v) is 8.62. The predicted octanol–water partition coefficient (Wildman–Crippen LogP) is 1.24. The zero-order chi connectivity index (χ0) is 26.4. The van der Waals surface area contributed by atoms with Crippen molar-refractivity contribution in [3.05, 3.63) is 0 Å². The van der Waals surface area contributed by atoms with Crippen LogP contribution < -0.4 is 16.0 Å². The van der Waals surface area contributed by atoms with Crippen LogP contribution in [-0.2, 0) is 19.2 Å². The lowest BCUT2D eigenvalue weighted by atomic mass is 9.78. The summed E-state index contributed by atoms with van der Waals surface area (Å²) in [6.45, 7) is 4.60. The van der Waals surface area contributed by atoms with Crippen LogP contribution >= 0.6 is 0 Å². The van der Waals surface area contributed by atoms with Crippen molar-refractivity contribution in [3.63, 3.8) is 0 Å². The van der Waals surface area contributed by atoms with E-state index in [9.17, 15) is 37.6 Å². The van der Waals surface area contributed by atoms with E-state index in [1.165, 1.54) is 4.90 Å². The molecule has 3 N–H and O–H groups in total. The van der Waals surface area contributed by atoms with E-state index in [1.54, 1.807) is 0 Å². The van der Waals surface area contributed by atoms with E-state index >= 15 is 0 Å². The molecule has 1 aliphatic carbocycles. The summed E-state index contributed by atoms with van der Waals surface area (Å²) in [7, 11) is 0. The summed E-state index contributed by atoms with van der Waals surface area (Å²) in [6.07, 6.45) is -2.81. The Morgan fingerprint density at radius 2 is 1.83 bits per heavy atom. The van der Waals surface area contributed by atoms with E-state index in [0.29, 0.717) is 32.2 Å². The minimum atomic E-state index is -5.14. The van der Waals surface area contributed by atoms with Crippen molar-refractivity contribution in [2.75, 3.05) is 13.1 Å². The lowest BCUT2D eigenvalue weighted by molar-refractivity contribution is -0.175. The number of amides is 4. The third kappa shape index (κ3) is 4.89. The SMILES string of the molecule is CC1(C)[C@@H]2[C@H]3C(=O)N[C@H](C#N)C[C@@H]4C(=O)NCC[C@@H]4CCCC[C@H](NC(=O)C(F)(F)F)C(=O)N3C[C@@H]21. The van der Waals surface area contributed by atoms with Gasteiger partial charge in [-0.15, -0.1) is 0 Å². The van der Waals surface area contributed by atoms with Crippen molar-refractivity contribution in [3.8, 4) is 6.07 Å². The van der Waals surface area contributed by atoms with E-state index in [-0.39, 0.29) is 48.5 Å². The van der Waals surface area contributed by atoms with Crippen molar-refractivity contribution >= 4 is 23.6 Å². The highest BCUT2D eigenvalue weighted by Gasteiger charge is 2.69. The maximum Gasteiger partial charge on any atom is 0.471 e. The molecule has 3 heterocycles. The first kappa shape index (κ1) is 26.2. The lowest BCUT2D eigenvalue weighted by Gasteiger charge is -2.35. The van der Waals surface area contributed by atoms with E-state index in [1.807, 2.05) is 19.2 Å². The number of carbonyl (C=O) groups is 4. The first-order valence-corrected chi connectivity index (χ1v) is 12.5. The number of hydrogen-bond donors (Lipinski definition) is 3. The molecule has 4 aliphatic rings. The summed E-state index contributed by atoms with van der Waals surface area (Å²) in [4.78, 5) is 52.5. The van der Waals surface area contributed by atoms with Gasteiger partial charge in [-0.3, -0.25) is 19.2 Å². The van der Waals surface area contributed by atoms with E-state index in [0.717, 1.165) is 0 Å². The summed E-state index contributed by atoms with van der Waals surface area (Å²) >= 11 is 0. The fourth-order valence-corrected chi connectivity index (χ4v) is 6.49. The number of fused-ring (bicyclic) bond motifs is 4. The highest BCUT2D eigenvalue weighted by Crippen LogP contribution is 2.65. The molecule has 36 heavy (non-hydrogen) atoms. The van der Waals surface area contributed by atoms with Gasteiger partial charge in [-0.2, -0.15) is 18.4 Å². The summed E-state index contributed by atoms with van der Waals surface area (Å²) in [5.41, 5.74) is -0.245. The molecule has 198 valence electrons. The van der Waals surface area contributed by atoms with Crippen LogP contribution in [0, 0.1) is 40.4 Å². The van der Waals surface area contributed by atoms with Gasteiger partial charge in [0.2, 0.25) is 17.7 Å². The molecule has 3 saturated heterocycles. The second kappa shape index (κ2) is 9.56. The zero-order valence-electron chi connectivity index (χ0n) is 20.4. The second-order valence-electron chi connectivity index (χ2n) is 11.1. The monoisotopic (exact) mass is 511 g/mol. The quantitative estimate of drug-likeness (QED) is 0.488. The van der Waals surface area contributed by atoms with Crippen LogP contribution in [0.5, 0.6) is 0 Å². The van der Waals surface area contributed by atoms with Crippen molar-refractivity contribution in [2.24, 2.45) is 29.1 Å². The minimum absolute atomic E-state index is 0.00534. The van der Waals surface area contributed by atoms with E-state index in [2.05, 4.69) is 16.7 Å². The summed E-state index contributed by atoms with van der Waals surface area (Å²) < 4.78 is 39.0. The molecule has 7 atom stereocenters. The minimum Gasteiger partial charge on any atom is -0.356 e. The van der Waals surface area contributed by atoms with Gasteiger partial charge in [0.15, 0.2) is 0 Å². The first-order valence-electron chi connectivity index (χ1n) is 12.5. The number of carbonyl (C=O) groups excluding carboxylic acids is 4. The van der Waals surface area contributed by atoms with Crippen molar-refractivity contribution in [2.45, 2.75) is 76.7 Å². The Hall–Kier alpha value is -2.84. The molecule has 4 fully saturated rings.